The summed E-state index contributed by atoms with van der Waals surface area (Å²) in [6.07, 6.45) is 1.55. The number of alkyl halides is 3. The minimum Gasteiger partial charge on any atom is -0.489 e. The van der Waals surface area contributed by atoms with E-state index < -0.39 is 30.3 Å². The Hall–Kier alpha value is -3.19. The van der Waals surface area contributed by atoms with Crippen LogP contribution in [-0.4, -0.2) is 67.5 Å². The maximum absolute atomic E-state index is 15.3. The minimum atomic E-state index is -3.03. The molecule has 14 heteroatoms. The third kappa shape index (κ3) is 7.69. The molecule has 216 valence electrons. The van der Waals surface area contributed by atoms with Crippen LogP contribution in [-0.2, 0) is 4.74 Å². The van der Waals surface area contributed by atoms with Gasteiger partial charge in [-0.15, -0.1) is 12.4 Å². The summed E-state index contributed by atoms with van der Waals surface area (Å²) < 4.78 is 61.7. The Bertz CT molecular complexity index is 1150. The third-order valence-electron chi connectivity index (χ3n) is 6.52. The van der Waals surface area contributed by atoms with Crippen LogP contribution in [0.5, 0.6) is 11.5 Å². The van der Waals surface area contributed by atoms with Crippen molar-refractivity contribution in [1.29, 1.82) is 0 Å². The van der Waals surface area contributed by atoms with Crippen molar-refractivity contribution in [3.8, 4) is 23.0 Å². The molecule has 0 radical (unpaired) electrons. The van der Waals surface area contributed by atoms with Gasteiger partial charge in [-0.3, -0.25) is 4.79 Å². The number of methoxy groups -OCH3 is 1. The fourth-order valence-electron chi connectivity index (χ4n) is 4.08. The number of nitrogens with one attached hydrogen (secondary N) is 1. The maximum Gasteiger partial charge on any atom is 0.409 e. The molecule has 1 atom stereocenters. The number of halogens is 4. The van der Waals surface area contributed by atoms with Gasteiger partial charge in [0.1, 0.15) is 5.67 Å². The van der Waals surface area contributed by atoms with Crippen LogP contribution in [0.15, 0.2) is 22.6 Å². The molecular weight excluding hydrogens is 545 g/mol. The predicted octanol–water partition coefficient (Wildman–Crippen LogP) is 4.47. The summed E-state index contributed by atoms with van der Waals surface area (Å²) >= 11 is 0. The van der Waals surface area contributed by atoms with Crippen molar-refractivity contribution in [2.24, 2.45) is 11.7 Å². The topological polar surface area (TPSA) is 129 Å². The van der Waals surface area contributed by atoms with Crippen LogP contribution in [0, 0.1) is 5.92 Å². The standard InChI is InChI=1S/C25H31F3N4O6.ClH/c1-14(29)20-19(21(33)30-13-25(28)7-9-32(10-8-25)24(34)35-2)31-22(38-20)16-5-6-17(37-23(26)27)18(11-16)36-12-15-3-4-15;/h5-6,11,14-15,23H,3-4,7-10,12-13,29H2,1-2H3,(H,30,33);1H. The minimum absolute atomic E-state index is 0. The molecule has 2 aliphatic rings. The molecule has 3 N–H and O–H groups in total. The van der Waals surface area contributed by atoms with Gasteiger partial charge in [0.25, 0.3) is 5.91 Å². The van der Waals surface area contributed by atoms with E-state index in [0.29, 0.717) is 18.1 Å². The number of nitrogens with zero attached hydrogens (tertiary/aromatic N) is 2. The lowest BCUT2D eigenvalue weighted by Gasteiger charge is -2.35. The smallest absolute Gasteiger partial charge is 0.409 e. The number of aromatic nitrogens is 1. The molecule has 0 spiro atoms. The first kappa shape index (κ1) is 30.4. The number of hydrogen-bond donors (Lipinski definition) is 2. The Balaban J connectivity index is 0.00000420. The van der Waals surface area contributed by atoms with Gasteiger partial charge in [-0.2, -0.15) is 8.78 Å². The zero-order chi connectivity index (χ0) is 27.4. The molecule has 1 aliphatic carbocycles. The first-order valence-corrected chi connectivity index (χ1v) is 12.4. The highest BCUT2D eigenvalue weighted by molar-refractivity contribution is 5.94. The molecule has 1 unspecified atom stereocenters. The van der Waals surface area contributed by atoms with Gasteiger partial charge in [0.05, 0.1) is 26.3 Å². The normalized spacial score (nSPS) is 17.3. The summed E-state index contributed by atoms with van der Waals surface area (Å²) in [7, 11) is 1.26. The zero-order valence-electron chi connectivity index (χ0n) is 21.6. The highest BCUT2D eigenvalue weighted by atomic mass is 35.5. The molecule has 1 aliphatic heterocycles. The number of ether oxygens (including phenoxy) is 3. The molecular formula is C25H32ClF3N4O6. The van der Waals surface area contributed by atoms with Crippen LogP contribution in [0.3, 0.4) is 0 Å². The Morgan fingerprint density at radius 2 is 1.95 bits per heavy atom. The number of carbonyl (C=O) groups is 2. The summed E-state index contributed by atoms with van der Waals surface area (Å²) in [4.78, 5) is 30.3. The number of nitrogens with two attached hydrogens (primary N) is 1. The SMILES string of the molecule is COC(=O)N1CCC(F)(CNC(=O)c2nc(-c3ccc(OC(F)F)c(OCC4CC4)c3)oc2C(C)N)CC1.Cl. The second-order valence-electron chi connectivity index (χ2n) is 9.61. The van der Waals surface area contributed by atoms with E-state index in [1.807, 2.05) is 0 Å². The average molecular weight is 577 g/mol. The quantitative estimate of drug-likeness (QED) is 0.424. The molecule has 10 nitrogen and oxygen atoms in total. The maximum atomic E-state index is 15.3. The van der Waals surface area contributed by atoms with Gasteiger partial charge in [-0.05, 0) is 43.9 Å². The predicted molar refractivity (Wildman–Crippen MR) is 136 cm³/mol. The largest absolute Gasteiger partial charge is 0.489 e. The van der Waals surface area contributed by atoms with E-state index in [1.165, 1.54) is 30.2 Å². The molecule has 1 saturated heterocycles. The molecule has 1 aromatic carbocycles. The molecule has 1 saturated carbocycles. The average Bonchev–Trinajstić information content (AvgIpc) is 3.61. The van der Waals surface area contributed by atoms with E-state index in [-0.39, 0.29) is 73.7 Å². The second kappa shape index (κ2) is 12.8. The summed E-state index contributed by atoms with van der Waals surface area (Å²) in [5, 5.41) is 2.55. The van der Waals surface area contributed by atoms with E-state index in [1.54, 1.807) is 6.92 Å². The van der Waals surface area contributed by atoms with Gasteiger partial charge in [-0.25, -0.2) is 14.2 Å². The number of hydrogen-bond acceptors (Lipinski definition) is 8. The van der Waals surface area contributed by atoms with Crippen LogP contribution in [0.2, 0.25) is 0 Å². The number of carbonyl (C=O) groups excluding carboxylic acids is 2. The van der Waals surface area contributed by atoms with E-state index in [4.69, 9.17) is 14.9 Å². The number of benzene rings is 1. The fourth-order valence-corrected chi connectivity index (χ4v) is 4.08. The Morgan fingerprint density at radius 1 is 1.26 bits per heavy atom. The fraction of sp³-hybridized carbons (Fsp3) is 0.560. The summed E-state index contributed by atoms with van der Waals surface area (Å²) in [6, 6.07) is 3.50. The molecule has 2 fully saturated rings. The number of piperidine rings is 1. The van der Waals surface area contributed by atoms with Gasteiger partial charge < -0.3 is 34.6 Å². The summed E-state index contributed by atoms with van der Waals surface area (Å²) in [5.74, 6) is -0.247. The monoisotopic (exact) mass is 576 g/mol. The van der Waals surface area contributed by atoms with Crippen LogP contribution < -0.4 is 20.5 Å². The van der Waals surface area contributed by atoms with Crippen molar-refractivity contribution < 1.29 is 41.4 Å². The molecule has 1 aromatic heterocycles. The number of amides is 2. The lowest BCUT2D eigenvalue weighted by molar-refractivity contribution is -0.0515. The lowest BCUT2D eigenvalue weighted by atomic mass is 9.93. The van der Waals surface area contributed by atoms with Gasteiger partial charge in [-0.1, -0.05) is 0 Å². The van der Waals surface area contributed by atoms with Crippen molar-refractivity contribution in [2.45, 2.75) is 50.9 Å². The van der Waals surface area contributed by atoms with Crippen molar-refractivity contribution in [1.82, 2.24) is 15.2 Å². The number of likely N-dealkylation sites (tertiary alicyclic amines) is 1. The summed E-state index contributed by atoms with van der Waals surface area (Å²) in [5.41, 5.74) is 4.53. The van der Waals surface area contributed by atoms with Crippen molar-refractivity contribution >= 4 is 24.4 Å². The van der Waals surface area contributed by atoms with Crippen LogP contribution in [0.25, 0.3) is 11.5 Å². The van der Waals surface area contributed by atoms with Crippen LogP contribution in [0.1, 0.15) is 54.9 Å². The number of oxazole rings is 1. The van der Waals surface area contributed by atoms with Crippen molar-refractivity contribution in [2.75, 3.05) is 33.4 Å². The first-order chi connectivity index (χ1) is 18.1. The highest BCUT2D eigenvalue weighted by Gasteiger charge is 2.37. The number of rotatable bonds is 10. The van der Waals surface area contributed by atoms with Gasteiger partial charge in [0.15, 0.2) is 23.0 Å². The Labute approximate surface area is 229 Å². The molecule has 2 amide bonds. The van der Waals surface area contributed by atoms with Crippen LogP contribution in [0.4, 0.5) is 18.0 Å². The van der Waals surface area contributed by atoms with Gasteiger partial charge in [0, 0.05) is 31.5 Å². The van der Waals surface area contributed by atoms with Crippen molar-refractivity contribution in [3.63, 3.8) is 0 Å². The lowest BCUT2D eigenvalue weighted by Crippen LogP contribution is -2.49. The molecule has 0 bridgehead atoms. The Morgan fingerprint density at radius 3 is 2.54 bits per heavy atom. The van der Waals surface area contributed by atoms with E-state index >= 15 is 4.39 Å². The molecule has 4 rings (SSSR count). The second-order valence-corrected chi connectivity index (χ2v) is 9.61. The molecule has 39 heavy (non-hydrogen) atoms. The summed E-state index contributed by atoms with van der Waals surface area (Å²) in [6.45, 7) is -1.04. The van der Waals surface area contributed by atoms with Crippen molar-refractivity contribution in [3.05, 3.63) is 29.7 Å². The van der Waals surface area contributed by atoms with Gasteiger partial charge in [0.2, 0.25) is 5.89 Å². The highest BCUT2D eigenvalue weighted by Crippen LogP contribution is 2.37. The third-order valence-corrected chi connectivity index (χ3v) is 6.52. The van der Waals surface area contributed by atoms with E-state index in [2.05, 4.69) is 19.8 Å². The zero-order valence-corrected chi connectivity index (χ0v) is 22.4. The van der Waals surface area contributed by atoms with E-state index in [9.17, 15) is 18.4 Å². The molecule has 2 aromatic rings. The first-order valence-electron chi connectivity index (χ1n) is 12.4. The Kier molecular flexibility index (Phi) is 9.94. The van der Waals surface area contributed by atoms with E-state index in [0.717, 1.165) is 12.8 Å². The van der Waals surface area contributed by atoms with Crippen LogP contribution >= 0.6 is 12.4 Å². The molecule has 2 heterocycles. The van der Waals surface area contributed by atoms with Gasteiger partial charge >= 0.3 is 12.7 Å².